The molecule has 0 fully saturated rings. The van der Waals surface area contributed by atoms with Gasteiger partial charge >= 0.3 is 13.8 Å². The van der Waals surface area contributed by atoms with Crippen LogP contribution in [-0.4, -0.2) is 24.2 Å². The summed E-state index contributed by atoms with van der Waals surface area (Å²) in [6.07, 6.45) is -4.03. The van der Waals surface area contributed by atoms with Crippen LogP contribution in [0, 0.1) is 0 Å². The van der Waals surface area contributed by atoms with E-state index in [1.807, 2.05) is 0 Å². The van der Waals surface area contributed by atoms with Crippen LogP contribution in [0.15, 0.2) is 33.4 Å². The lowest BCUT2D eigenvalue weighted by Gasteiger charge is -2.26. The summed E-state index contributed by atoms with van der Waals surface area (Å²) in [5, 5.41) is 1.52. The Hall–Kier alpha value is -0.820. The number of ketones is 1. The van der Waals surface area contributed by atoms with Crippen molar-refractivity contribution in [2.24, 2.45) is 0 Å². The van der Waals surface area contributed by atoms with Gasteiger partial charge in [-0.15, -0.1) is 0 Å². The predicted molar refractivity (Wildman–Crippen MR) is 88.6 cm³/mol. The lowest BCUT2D eigenvalue weighted by atomic mass is 10.1. The maximum Gasteiger partial charge on any atom is 0.454 e. The van der Waals surface area contributed by atoms with Gasteiger partial charge in [0.2, 0.25) is 0 Å². The van der Waals surface area contributed by atoms with Crippen LogP contribution in [0.4, 0.5) is 13.2 Å². The van der Waals surface area contributed by atoms with E-state index in [4.69, 9.17) is 9.05 Å². The molecule has 0 saturated heterocycles. The van der Waals surface area contributed by atoms with Gasteiger partial charge in [-0.2, -0.15) is 13.2 Å². The van der Waals surface area contributed by atoms with Crippen molar-refractivity contribution in [1.82, 2.24) is 0 Å². The molecule has 0 N–H and O–H groups in total. The van der Waals surface area contributed by atoms with Gasteiger partial charge in [-0.3, -0.25) is 9.36 Å². The number of thioether (sulfide) groups is 1. The molecule has 0 aliphatic carbocycles. The standard InChI is InChI=1S/C15H20F3O4PS/c1-9(2)21-23(20,22-10(3)4)14-7-12(11(5)8-24-14)6-13(19)15(16,17)18/h6-10H,1-5H3/b12-6-. The number of allylic oxidation sites excluding steroid dienone is 4. The smallest absolute Gasteiger partial charge is 0.302 e. The first-order valence-electron chi connectivity index (χ1n) is 7.21. The highest BCUT2D eigenvalue weighted by Crippen LogP contribution is 2.63. The lowest BCUT2D eigenvalue weighted by Crippen LogP contribution is -2.20. The fourth-order valence-electron chi connectivity index (χ4n) is 1.70. The molecule has 0 spiro atoms. The highest BCUT2D eigenvalue weighted by molar-refractivity contribution is 8.12. The van der Waals surface area contributed by atoms with Gasteiger partial charge in [-0.1, -0.05) is 11.8 Å². The van der Waals surface area contributed by atoms with E-state index >= 15 is 0 Å². The van der Waals surface area contributed by atoms with Crippen molar-refractivity contribution >= 4 is 25.1 Å². The number of rotatable bonds is 6. The molecule has 0 aromatic heterocycles. The van der Waals surface area contributed by atoms with Gasteiger partial charge in [0, 0.05) is 0 Å². The third kappa shape index (κ3) is 5.92. The minimum atomic E-state index is -4.96. The van der Waals surface area contributed by atoms with E-state index in [1.165, 1.54) is 11.5 Å². The summed E-state index contributed by atoms with van der Waals surface area (Å²) in [5.74, 6) is -1.97. The van der Waals surface area contributed by atoms with Gasteiger partial charge in [0.1, 0.15) is 4.65 Å². The summed E-state index contributed by atoms with van der Waals surface area (Å²) < 4.78 is 61.4. The number of hydrogen-bond acceptors (Lipinski definition) is 5. The van der Waals surface area contributed by atoms with Crippen molar-refractivity contribution in [2.75, 3.05) is 0 Å². The molecular formula is C15H20F3O4PS. The summed E-state index contributed by atoms with van der Waals surface area (Å²) in [6, 6.07) is 0. The Labute approximate surface area is 143 Å². The van der Waals surface area contributed by atoms with Crippen LogP contribution < -0.4 is 0 Å². The second-order valence-corrected chi connectivity index (χ2v) is 8.78. The van der Waals surface area contributed by atoms with Crippen molar-refractivity contribution in [1.29, 1.82) is 0 Å². The van der Waals surface area contributed by atoms with Gasteiger partial charge in [0.15, 0.2) is 0 Å². The Bertz CT molecular complexity index is 619. The molecule has 4 nitrogen and oxygen atoms in total. The molecule has 1 heterocycles. The Morgan fingerprint density at radius 3 is 2.12 bits per heavy atom. The monoisotopic (exact) mass is 384 g/mol. The van der Waals surface area contributed by atoms with Crippen molar-refractivity contribution in [3.05, 3.63) is 33.4 Å². The molecule has 1 aliphatic heterocycles. The highest BCUT2D eigenvalue weighted by atomic mass is 32.2. The molecule has 24 heavy (non-hydrogen) atoms. The van der Waals surface area contributed by atoms with Crippen LogP contribution in [0.5, 0.6) is 0 Å². The van der Waals surface area contributed by atoms with Gasteiger partial charge in [-0.05, 0) is 63.3 Å². The third-order valence-corrected chi connectivity index (χ3v) is 6.51. The van der Waals surface area contributed by atoms with Crippen molar-refractivity contribution in [3.8, 4) is 0 Å². The molecule has 1 rings (SSSR count). The van der Waals surface area contributed by atoms with Crippen molar-refractivity contribution in [2.45, 2.75) is 53.0 Å². The molecule has 0 aromatic carbocycles. The number of halogens is 3. The SMILES string of the molecule is CC1=CSC(P(=O)(OC(C)C)OC(C)C)=C/C1=C/C(=O)C(F)(F)F. The number of alkyl halides is 3. The summed E-state index contributed by atoms with van der Waals surface area (Å²) in [5.41, 5.74) is 0.494. The molecule has 0 saturated carbocycles. The van der Waals surface area contributed by atoms with Crippen LogP contribution in [0.2, 0.25) is 0 Å². The largest absolute Gasteiger partial charge is 0.454 e. The number of hydrogen-bond donors (Lipinski definition) is 0. The molecular weight excluding hydrogens is 364 g/mol. The van der Waals surface area contributed by atoms with E-state index in [9.17, 15) is 22.5 Å². The minimum Gasteiger partial charge on any atom is -0.302 e. The minimum absolute atomic E-state index is 0.0333. The lowest BCUT2D eigenvalue weighted by molar-refractivity contribution is -0.165. The molecule has 136 valence electrons. The normalized spacial score (nSPS) is 18.2. The summed E-state index contributed by atoms with van der Waals surface area (Å²) in [7, 11) is -3.71. The first kappa shape index (κ1) is 21.2. The Balaban J connectivity index is 3.27. The second kappa shape index (κ2) is 8.04. The molecule has 0 amide bonds. The number of carbonyl (C=O) groups excluding carboxylic acids is 1. The van der Waals surface area contributed by atoms with Gasteiger partial charge < -0.3 is 9.05 Å². The second-order valence-electron chi connectivity index (χ2n) is 5.67. The highest BCUT2D eigenvalue weighted by Gasteiger charge is 2.38. The maximum absolute atomic E-state index is 13.0. The first-order valence-corrected chi connectivity index (χ1v) is 9.63. The predicted octanol–water partition coefficient (Wildman–Crippen LogP) is 5.58. The topological polar surface area (TPSA) is 52.6 Å². The fourth-order valence-corrected chi connectivity index (χ4v) is 4.93. The Morgan fingerprint density at radius 2 is 1.71 bits per heavy atom. The van der Waals surface area contributed by atoms with Crippen LogP contribution in [0.1, 0.15) is 34.6 Å². The molecule has 9 heteroatoms. The first-order chi connectivity index (χ1) is 10.8. The summed E-state index contributed by atoms with van der Waals surface area (Å²) in [6.45, 7) is 8.27. The van der Waals surface area contributed by atoms with Crippen LogP contribution in [-0.2, 0) is 18.4 Å². The average molecular weight is 384 g/mol. The fraction of sp³-hybridized carbons (Fsp3) is 0.533. The van der Waals surface area contributed by atoms with E-state index in [0.717, 1.165) is 11.8 Å². The Kier molecular flexibility index (Phi) is 7.11. The van der Waals surface area contributed by atoms with Crippen molar-refractivity contribution < 1.29 is 31.6 Å². The van der Waals surface area contributed by atoms with Crippen LogP contribution in [0.3, 0.4) is 0 Å². The zero-order chi connectivity index (χ0) is 18.7. The van der Waals surface area contributed by atoms with Gasteiger partial charge in [0.05, 0.1) is 12.2 Å². The van der Waals surface area contributed by atoms with E-state index in [2.05, 4.69) is 0 Å². The maximum atomic E-state index is 13.0. The van der Waals surface area contributed by atoms with E-state index in [1.54, 1.807) is 34.6 Å². The zero-order valence-corrected chi connectivity index (χ0v) is 15.7. The number of carbonyl (C=O) groups is 1. The molecule has 0 unspecified atom stereocenters. The molecule has 0 aromatic rings. The van der Waals surface area contributed by atoms with Crippen molar-refractivity contribution in [3.63, 3.8) is 0 Å². The van der Waals surface area contributed by atoms with E-state index in [0.29, 0.717) is 11.6 Å². The van der Waals surface area contributed by atoms with Crippen LogP contribution in [0.25, 0.3) is 0 Å². The Morgan fingerprint density at radius 1 is 1.21 bits per heavy atom. The summed E-state index contributed by atoms with van der Waals surface area (Å²) in [4.78, 5) is 11.2. The van der Waals surface area contributed by atoms with E-state index < -0.39 is 31.8 Å². The van der Waals surface area contributed by atoms with Gasteiger partial charge in [-0.25, -0.2) is 0 Å². The quantitative estimate of drug-likeness (QED) is 0.442. The van der Waals surface area contributed by atoms with Gasteiger partial charge in [0.25, 0.3) is 5.78 Å². The molecule has 0 atom stereocenters. The molecule has 1 aliphatic rings. The van der Waals surface area contributed by atoms with E-state index in [-0.39, 0.29) is 10.2 Å². The van der Waals surface area contributed by atoms with Crippen LogP contribution >= 0.6 is 19.4 Å². The zero-order valence-electron chi connectivity index (χ0n) is 14.0. The average Bonchev–Trinajstić information content (AvgIpc) is 2.37. The summed E-state index contributed by atoms with van der Waals surface area (Å²) >= 11 is 1.05. The molecule has 0 bridgehead atoms. The molecule has 0 radical (unpaired) electrons. The third-order valence-electron chi connectivity index (χ3n) is 2.63.